The molecule has 0 aromatic heterocycles. The van der Waals surface area contributed by atoms with Crippen LogP contribution in [0.25, 0.3) is 0 Å². The maximum atomic E-state index is 12.2. The molecule has 0 radical (unpaired) electrons. The zero-order valence-corrected chi connectivity index (χ0v) is 54.4. The summed E-state index contributed by atoms with van der Waals surface area (Å²) in [6.07, 6.45) is -78.2. The highest BCUT2D eigenvalue weighted by molar-refractivity contribution is 5.70. The molecule has 0 amide bonds. The molecule has 0 saturated carbocycles. The Morgan fingerprint density at radius 3 is 0.390 bits per heavy atom. The molecular weight excluding hydrogens is 1460 g/mol. The number of ether oxygens (including phenoxy) is 21. The first-order valence-corrected chi connectivity index (χ1v) is 32.0. The number of hydrogen-bond donors (Lipinski definition) is 21. The van der Waals surface area contributed by atoms with Gasteiger partial charge in [0.25, 0.3) is 0 Å². The number of carboxylic acids is 7. The first-order valence-electron chi connectivity index (χ1n) is 32.0. The number of aliphatic carboxylic acids is 7. The molecular formula is C56H84O49. The topological polar surface area (TPSA) is 738 Å². The van der Waals surface area contributed by atoms with Gasteiger partial charge < -0.3 is 207 Å². The van der Waals surface area contributed by atoms with Gasteiger partial charge in [0.1, 0.15) is 217 Å². The van der Waals surface area contributed by atoms with Gasteiger partial charge in [-0.2, -0.15) is 0 Å². The van der Waals surface area contributed by atoms with Gasteiger partial charge in [0.2, 0.25) is 0 Å². The van der Waals surface area contributed by atoms with E-state index in [-0.39, 0.29) is 0 Å². The van der Waals surface area contributed by atoms with Crippen molar-refractivity contribution in [2.24, 2.45) is 0 Å². The monoisotopic (exact) mass is 1540 g/mol. The number of hydrogen-bond acceptors (Lipinski definition) is 42. The number of carbonyl (C=O) groups is 7. The lowest BCUT2D eigenvalue weighted by Gasteiger charge is -2.51. The highest BCUT2D eigenvalue weighted by Gasteiger charge is 2.62. The van der Waals surface area contributed by atoms with E-state index in [1.54, 1.807) is 0 Å². The van der Waals surface area contributed by atoms with Crippen LogP contribution in [0.3, 0.4) is 0 Å². The van der Waals surface area contributed by atoms with E-state index in [9.17, 15) is 141 Å². The van der Waals surface area contributed by atoms with Crippen molar-refractivity contribution in [3.63, 3.8) is 0 Å². The molecule has 0 aromatic carbocycles. The molecule has 35 atom stereocenters. The van der Waals surface area contributed by atoms with Crippen molar-refractivity contribution in [1.82, 2.24) is 0 Å². The van der Waals surface area contributed by atoms with Gasteiger partial charge in [-0.1, -0.05) is 0 Å². The molecule has 0 aliphatic carbocycles. The molecule has 21 N–H and O–H groups in total. The second-order valence-corrected chi connectivity index (χ2v) is 24.4. The van der Waals surface area contributed by atoms with Gasteiger partial charge in [0.05, 0.1) is 46.2 Å². The summed E-state index contributed by atoms with van der Waals surface area (Å²) in [6.45, 7) is -18.4. The Kier molecular flexibility index (Phi) is 31.8. The molecule has 15 fully saturated rings. The molecule has 15 heterocycles. The molecule has 15 rings (SSSR count). The van der Waals surface area contributed by atoms with E-state index in [1.807, 2.05) is 0 Å². The van der Waals surface area contributed by atoms with Crippen LogP contribution in [-0.2, 0) is 133 Å². The lowest BCUT2D eigenvalue weighted by Crippen LogP contribution is -2.69. The third-order valence-corrected chi connectivity index (χ3v) is 17.4. The minimum absolute atomic E-state index is 1.28. The zero-order valence-electron chi connectivity index (χ0n) is 54.4. The van der Waals surface area contributed by atoms with Crippen LogP contribution in [0.4, 0.5) is 0 Å². The first kappa shape index (κ1) is 85.5. The zero-order chi connectivity index (χ0) is 77.0. The van der Waals surface area contributed by atoms with Crippen molar-refractivity contribution in [2.75, 3.05) is 92.5 Å². The predicted molar refractivity (Wildman–Crippen MR) is 308 cm³/mol. The summed E-state index contributed by atoms with van der Waals surface area (Å²) >= 11 is 0. The maximum Gasteiger partial charge on any atom is 0.329 e. The molecule has 602 valence electrons. The lowest BCUT2D eigenvalue weighted by atomic mass is 9.95. The summed E-state index contributed by atoms with van der Waals surface area (Å²) < 4.78 is 122. The minimum Gasteiger partial charge on any atom is -0.480 e. The molecule has 14 bridgehead atoms. The van der Waals surface area contributed by atoms with Crippen LogP contribution in [0.2, 0.25) is 0 Å². The Hall–Kier alpha value is -5.11. The summed E-state index contributed by atoms with van der Waals surface area (Å²) in [6, 6.07) is 0. The Morgan fingerprint density at radius 2 is 0.305 bits per heavy atom. The van der Waals surface area contributed by atoms with Gasteiger partial charge in [-0.15, -0.1) is 0 Å². The van der Waals surface area contributed by atoms with E-state index in [1.165, 1.54) is 0 Å². The highest BCUT2D eigenvalue weighted by Crippen LogP contribution is 2.41. The molecule has 15 aliphatic heterocycles. The fourth-order valence-corrected chi connectivity index (χ4v) is 12.7. The van der Waals surface area contributed by atoms with Crippen molar-refractivity contribution < 1.29 is 240 Å². The van der Waals surface area contributed by atoms with Crippen LogP contribution in [0.1, 0.15) is 0 Å². The van der Waals surface area contributed by atoms with E-state index in [4.69, 9.17) is 99.5 Å². The number of fused-ring (bicyclic) bond motifs is 7. The fourth-order valence-electron chi connectivity index (χ4n) is 12.7. The van der Waals surface area contributed by atoms with E-state index in [2.05, 4.69) is 0 Å². The average molecular weight is 1540 g/mol. The summed E-state index contributed by atoms with van der Waals surface area (Å²) in [7, 11) is 0. The van der Waals surface area contributed by atoms with E-state index >= 15 is 0 Å². The number of rotatable bonds is 28. The summed E-state index contributed by atoms with van der Waals surface area (Å²) in [5.41, 5.74) is 0. The smallest absolute Gasteiger partial charge is 0.329 e. The number of aliphatic hydroxyl groups is 14. The lowest BCUT2D eigenvalue weighted by molar-refractivity contribution is -0.401. The van der Waals surface area contributed by atoms with Gasteiger partial charge in [-0.3, -0.25) is 0 Å². The largest absolute Gasteiger partial charge is 0.480 e. The van der Waals surface area contributed by atoms with Gasteiger partial charge in [-0.05, 0) is 0 Å². The van der Waals surface area contributed by atoms with Crippen LogP contribution in [0.15, 0.2) is 0 Å². The van der Waals surface area contributed by atoms with Crippen molar-refractivity contribution >= 4 is 41.8 Å². The molecule has 49 heteroatoms. The summed E-state index contributed by atoms with van der Waals surface area (Å²) in [5.74, 6) is -12.2. The maximum absolute atomic E-state index is 12.2. The van der Waals surface area contributed by atoms with Crippen molar-refractivity contribution in [3.8, 4) is 0 Å². The van der Waals surface area contributed by atoms with Gasteiger partial charge in [0.15, 0.2) is 44.0 Å². The van der Waals surface area contributed by atoms with Crippen molar-refractivity contribution in [2.45, 2.75) is 215 Å². The molecule has 0 spiro atoms. The van der Waals surface area contributed by atoms with Crippen LogP contribution in [0, 0.1) is 0 Å². The van der Waals surface area contributed by atoms with Gasteiger partial charge >= 0.3 is 41.8 Å². The van der Waals surface area contributed by atoms with Crippen molar-refractivity contribution in [1.29, 1.82) is 0 Å². The van der Waals surface area contributed by atoms with E-state index in [0.717, 1.165) is 0 Å². The number of carboxylic acid groups (broad SMARTS) is 7. The Balaban J connectivity index is 1.25. The number of aliphatic hydroxyl groups excluding tert-OH is 14. The Bertz CT molecular complexity index is 2300. The van der Waals surface area contributed by atoms with Crippen molar-refractivity contribution in [3.05, 3.63) is 0 Å². The predicted octanol–water partition coefficient (Wildman–Crippen LogP) is -14.5. The fraction of sp³-hybridized carbons (Fsp3) is 0.875. The Morgan fingerprint density at radius 1 is 0.200 bits per heavy atom. The Labute approximate surface area is 588 Å². The molecule has 49 nitrogen and oxygen atoms in total. The minimum atomic E-state index is -2.42. The van der Waals surface area contributed by atoms with E-state index in [0.29, 0.717) is 0 Å². The molecule has 0 unspecified atom stereocenters. The van der Waals surface area contributed by atoms with Crippen LogP contribution >= 0.6 is 0 Å². The molecule has 105 heavy (non-hydrogen) atoms. The van der Waals surface area contributed by atoms with E-state index < -0.39 is 349 Å². The normalized spacial score (nSPS) is 43.5. The van der Waals surface area contributed by atoms with Gasteiger partial charge in [-0.25, -0.2) is 33.6 Å². The van der Waals surface area contributed by atoms with Crippen LogP contribution < -0.4 is 0 Å². The van der Waals surface area contributed by atoms with Gasteiger partial charge in [0, 0.05) is 0 Å². The molecule has 15 aliphatic rings. The standard InChI is InChI=1S/C56H84O49/c57-1-15-36-29(78)43(85-8-22(64)65)50(92-15)100-37-16(2-58)94-52(45(30(37)79)87-10-24(68)69)102-39-18(4-60)96-54(47(32(39)81)89-12-26(72)73)104-41-20(6-62)98-56(49(34(41)83)91-14-28(76)77)105-42-21(7-63)97-55(48(35(42)84)90-13-27(74)75)103-40-19(5-61)95-53(46(33(40)82)88-11-25(70)71)101-38-17(3-59)93-51(99-36)44(31(38)80)86-9-23(66)67/h15-21,29-63,78-84H,1-14H2,(H,64,65)(H,66,67)(H,68,69)(H,70,71)(H,72,73)(H,74,75)(H,76,77)/t15-,16-,17-,18-,19-,20-,21-,29+,30+,31+,32+,33+,34+,35+,36-,37-,38-,39-,40-,41-,42-,43-,44-,45-,46-,47-,48-,49-,50-,51-,52-,53-,54-,55-,56-/m1/s1. The van der Waals surface area contributed by atoms with Crippen LogP contribution in [-0.4, -0.2) is 456 Å². The average Bonchev–Trinajstić information content (AvgIpc) is 0.786. The summed E-state index contributed by atoms with van der Waals surface area (Å²) in [5, 5.41) is 230. The summed E-state index contributed by atoms with van der Waals surface area (Å²) in [4.78, 5) is 84.6. The quantitative estimate of drug-likeness (QED) is 0.0346. The molecule has 0 aromatic rings. The second kappa shape index (κ2) is 39.0. The second-order valence-electron chi connectivity index (χ2n) is 24.4. The SMILES string of the molecule is O=C(O)CO[C@H]1[C@H]2O[C@H]3[C@H](O)[C@@H](OCC(=O)O)[C@@H](O[C@H]4[C@H](O)[C@@H](OCC(=O)O)[C@@H](O[C@H]5[C@H](O)[C@@H](OCC(=O)O)[C@@H](O[C@H]6[C@H](O)[C@@H](OCC(=O)O)[C@@H](O[C@H]7[C@H](O)[C@@H](OCC(=O)O)[C@@H](O[C@H]8[C@H](O)[C@@H](OCC(=O)O)[C@@H](O[C@@H]([C@@H]1O)[C@@H](CO)O2)O[C@@H]8CO)O[C@@H]7CO)O[C@@H]6CO)O[C@@H]5CO)O[C@@H]4CO)O[C@@H]3CO. The van der Waals surface area contributed by atoms with Crippen LogP contribution in [0.5, 0.6) is 0 Å². The first-order chi connectivity index (χ1) is 49.9. The third-order valence-electron chi connectivity index (χ3n) is 17.4. The molecule has 15 saturated heterocycles. The highest BCUT2D eigenvalue weighted by atomic mass is 16.8. The third kappa shape index (κ3) is 20.7.